The summed E-state index contributed by atoms with van der Waals surface area (Å²) in [6.45, 7) is 0. The van der Waals surface area contributed by atoms with Gasteiger partial charge in [0.15, 0.2) is 0 Å². The predicted molar refractivity (Wildman–Crippen MR) is 78.4 cm³/mol. The molecule has 0 atom stereocenters. The Morgan fingerprint density at radius 2 is 1.68 bits per heavy atom. The lowest BCUT2D eigenvalue weighted by atomic mass is 9.92. The highest BCUT2D eigenvalue weighted by Crippen LogP contribution is 2.31. The van der Waals surface area contributed by atoms with E-state index < -0.39 is 11.7 Å². The molecule has 7 heteroatoms. The summed E-state index contributed by atoms with van der Waals surface area (Å²) in [7, 11) is 1.59. The molecule has 0 N–H and O–H groups in total. The smallest absolute Gasteiger partial charge is 0.334 e. The molecule has 0 aliphatic carbocycles. The monoisotopic (exact) mass is 302 g/mol. The molecule has 0 radical (unpaired) electrons. The fraction of sp³-hybridized carbons (Fsp3) is 0.0667. The molecule has 1 heterocycles. The zero-order chi connectivity index (χ0) is 15.7. The van der Waals surface area contributed by atoms with Crippen LogP contribution in [0.15, 0.2) is 53.1 Å². The number of nitrogens with zero attached hydrogens (tertiary/aromatic N) is 2. The van der Waals surface area contributed by atoms with Gasteiger partial charge in [-0.1, -0.05) is 53.1 Å². The lowest BCUT2D eigenvalue weighted by Crippen LogP contribution is -2.11. The van der Waals surface area contributed by atoms with Gasteiger partial charge in [-0.3, -0.25) is 0 Å². The van der Waals surface area contributed by atoms with Crippen LogP contribution in [-0.2, 0) is 6.18 Å². The summed E-state index contributed by atoms with van der Waals surface area (Å²) in [6.07, 6.45) is -4.41. The number of hydrogen-bond donors (Lipinski definition) is 0. The van der Waals surface area contributed by atoms with Gasteiger partial charge in [0, 0.05) is 11.1 Å². The Hall–Kier alpha value is -2.57. The van der Waals surface area contributed by atoms with Crippen LogP contribution in [0.1, 0.15) is 5.56 Å². The first-order chi connectivity index (χ1) is 10.4. The van der Waals surface area contributed by atoms with Gasteiger partial charge in [-0.2, -0.15) is 18.2 Å². The molecule has 3 nitrogen and oxygen atoms in total. The van der Waals surface area contributed by atoms with E-state index in [1.807, 2.05) is 18.2 Å². The first-order valence-electron chi connectivity index (χ1n) is 6.52. The van der Waals surface area contributed by atoms with Crippen molar-refractivity contribution in [2.45, 2.75) is 6.18 Å². The highest BCUT2D eigenvalue weighted by atomic mass is 19.4. The normalized spacial score (nSPS) is 11.6. The summed E-state index contributed by atoms with van der Waals surface area (Å²) >= 11 is 0. The third kappa shape index (κ3) is 2.88. The molecule has 2 aromatic carbocycles. The van der Waals surface area contributed by atoms with E-state index in [9.17, 15) is 13.2 Å². The van der Waals surface area contributed by atoms with E-state index in [4.69, 9.17) is 4.52 Å². The van der Waals surface area contributed by atoms with Gasteiger partial charge in [-0.05, 0) is 6.07 Å². The zero-order valence-corrected chi connectivity index (χ0v) is 11.6. The maximum atomic E-state index is 12.9. The van der Waals surface area contributed by atoms with E-state index in [2.05, 4.69) is 10.1 Å². The van der Waals surface area contributed by atoms with E-state index in [0.717, 1.165) is 17.7 Å². The highest BCUT2D eigenvalue weighted by Gasteiger charge is 2.31. The molecule has 3 aromatic rings. The minimum Gasteiger partial charge on any atom is -0.334 e. The van der Waals surface area contributed by atoms with Crippen LogP contribution in [0.25, 0.3) is 22.8 Å². The highest BCUT2D eigenvalue weighted by molar-refractivity contribution is 6.32. The SMILES string of the molecule is Bc1cc(-c2nc(-c3ccccc3)no2)cc(C(F)(F)F)c1. The molecule has 0 amide bonds. The third-order valence-electron chi connectivity index (χ3n) is 3.11. The number of aromatic nitrogens is 2. The molecule has 0 fully saturated rings. The van der Waals surface area contributed by atoms with Crippen molar-refractivity contribution in [2.24, 2.45) is 0 Å². The molecule has 0 aliphatic heterocycles. The van der Waals surface area contributed by atoms with Crippen molar-refractivity contribution in [3.8, 4) is 22.8 Å². The van der Waals surface area contributed by atoms with Crippen LogP contribution in [-0.4, -0.2) is 18.0 Å². The van der Waals surface area contributed by atoms with Gasteiger partial charge in [-0.15, -0.1) is 0 Å². The molecule has 0 spiro atoms. The Labute approximate surface area is 125 Å². The van der Waals surface area contributed by atoms with Crippen molar-refractivity contribution >= 4 is 13.3 Å². The minimum atomic E-state index is -4.41. The van der Waals surface area contributed by atoms with Crippen molar-refractivity contribution in [3.05, 3.63) is 54.1 Å². The molecular weight excluding hydrogens is 292 g/mol. The number of alkyl halides is 3. The zero-order valence-electron chi connectivity index (χ0n) is 11.6. The van der Waals surface area contributed by atoms with Crippen molar-refractivity contribution in [2.75, 3.05) is 0 Å². The van der Waals surface area contributed by atoms with Crippen LogP contribution in [0.5, 0.6) is 0 Å². The van der Waals surface area contributed by atoms with Gasteiger partial charge in [0.05, 0.1) is 5.56 Å². The van der Waals surface area contributed by atoms with Gasteiger partial charge in [-0.25, -0.2) is 0 Å². The van der Waals surface area contributed by atoms with Gasteiger partial charge in [0.1, 0.15) is 7.85 Å². The Morgan fingerprint density at radius 1 is 0.955 bits per heavy atom. The molecule has 0 saturated heterocycles. The Bertz CT molecular complexity index is 800. The van der Waals surface area contributed by atoms with E-state index in [0.29, 0.717) is 11.3 Å². The van der Waals surface area contributed by atoms with Crippen LogP contribution in [0.3, 0.4) is 0 Å². The van der Waals surface area contributed by atoms with Crippen molar-refractivity contribution in [1.29, 1.82) is 0 Å². The Kier molecular flexibility index (Phi) is 3.48. The van der Waals surface area contributed by atoms with Crippen LogP contribution in [0.4, 0.5) is 13.2 Å². The fourth-order valence-corrected chi connectivity index (χ4v) is 2.12. The van der Waals surface area contributed by atoms with E-state index in [-0.39, 0.29) is 11.5 Å². The summed E-state index contributed by atoms with van der Waals surface area (Å²) in [5, 5.41) is 3.82. The maximum absolute atomic E-state index is 12.9. The molecule has 110 valence electrons. The summed E-state index contributed by atoms with van der Waals surface area (Å²) in [5.74, 6) is 0.402. The fourth-order valence-electron chi connectivity index (χ4n) is 2.12. The van der Waals surface area contributed by atoms with Crippen molar-refractivity contribution in [3.63, 3.8) is 0 Å². The minimum absolute atomic E-state index is 0.0630. The Morgan fingerprint density at radius 3 is 2.36 bits per heavy atom. The molecule has 0 bridgehead atoms. The molecule has 22 heavy (non-hydrogen) atoms. The lowest BCUT2D eigenvalue weighted by Gasteiger charge is -2.08. The summed E-state index contributed by atoms with van der Waals surface area (Å²) < 4.78 is 43.7. The van der Waals surface area contributed by atoms with Gasteiger partial charge >= 0.3 is 6.18 Å². The molecule has 0 aliphatic rings. The van der Waals surface area contributed by atoms with Crippen LogP contribution in [0, 0.1) is 0 Å². The molecule has 1 aromatic heterocycles. The molecule has 0 unspecified atom stereocenters. The maximum Gasteiger partial charge on any atom is 0.416 e. The second kappa shape index (κ2) is 5.33. The van der Waals surface area contributed by atoms with Crippen LogP contribution < -0.4 is 5.46 Å². The first kappa shape index (κ1) is 14.4. The summed E-state index contributed by atoms with van der Waals surface area (Å²) in [6, 6.07) is 12.8. The molecule has 0 saturated carbocycles. The first-order valence-corrected chi connectivity index (χ1v) is 6.52. The molecular formula is C15H10BF3N2O. The second-order valence-electron chi connectivity index (χ2n) is 4.87. The third-order valence-corrected chi connectivity index (χ3v) is 3.11. The summed E-state index contributed by atoms with van der Waals surface area (Å²) in [4.78, 5) is 4.17. The number of hydrogen-bond acceptors (Lipinski definition) is 3. The average Bonchev–Trinajstić information content (AvgIpc) is 2.96. The lowest BCUT2D eigenvalue weighted by molar-refractivity contribution is -0.137. The Balaban J connectivity index is 2.02. The van der Waals surface area contributed by atoms with Crippen LogP contribution in [0.2, 0.25) is 0 Å². The largest absolute Gasteiger partial charge is 0.416 e. The molecule has 3 rings (SSSR count). The van der Waals surface area contributed by atoms with Gasteiger partial charge in [0.25, 0.3) is 5.89 Å². The van der Waals surface area contributed by atoms with Gasteiger partial charge < -0.3 is 4.52 Å². The van der Waals surface area contributed by atoms with E-state index in [1.54, 1.807) is 26.0 Å². The van der Waals surface area contributed by atoms with Crippen molar-refractivity contribution < 1.29 is 17.7 Å². The van der Waals surface area contributed by atoms with Crippen LogP contribution >= 0.6 is 0 Å². The number of benzene rings is 2. The number of rotatable bonds is 2. The van der Waals surface area contributed by atoms with Gasteiger partial charge in [0.2, 0.25) is 5.82 Å². The average molecular weight is 302 g/mol. The summed E-state index contributed by atoms with van der Waals surface area (Å²) in [5.41, 5.74) is 0.731. The van der Waals surface area contributed by atoms with E-state index >= 15 is 0 Å². The number of halogens is 3. The van der Waals surface area contributed by atoms with E-state index in [1.165, 1.54) is 0 Å². The quantitative estimate of drug-likeness (QED) is 0.683. The predicted octanol–water partition coefficient (Wildman–Crippen LogP) is 2.68. The topological polar surface area (TPSA) is 38.9 Å². The van der Waals surface area contributed by atoms with Crippen molar-refractivity contribution in [1.82, 2.24) is 10.1 Å². The second-order valence-corrected chi connectivity index (χ2v) is 4.87. The standard InChI is InChI=1S/C15H10BF3N2O/c16-12-7-10(6-11(8-12)15(17,18)19)14-20-13(21-22-14)9-4-2-1-3-5-9/h1-8H,16H2.